The normalized spacial score (nSPS) is 26.2. The van der Waals surface area contributed by atoms with E-state index >= 15 is 0 Å². The first-order chi connectivity index (χ1) is 12.3. The monoisotopic (exact) mass is 337 g/mol. The van der Waals surface area contributed by atoms with Crippen LogP contribution in [0.1, 0.15) is 36.2 Å². The van der Waals surface area contributed by atoms with Gasteiger partial charge < -0.3 is 4.90 Å². The van der Waals surface area contributed by atoms with Crippen molar-refractivity contribution in [2.45, 2.75) is 37.8 Å². The Hall–Kier alpha value is -2.21. The van der Waals surface area contributed by atoms with Crippen molar-refractivity contribution in [1.29, 1.82) is 0 Å². The van der Waals surface area contributed by atoms with E-state index in [1.54, 1.807) is 6.20 Å². The molecule has 5 rings (SSSR count). The lowest BCUT2D eigenvalue weighted by Gasteiger charge is -2.37. The predicted octanol–water partition coefficient (Wildman–Crippen LogP) is 1.97. The van der Waals surface area contributed by atoms with Crippen LogP contribution < -0.4 is 0 Å². The van der Waals surface area contributed by atoms with Crippen LogP contribution in [-0.2, 0) is 0 Å². The summed E-state index contributed by atoms with van der Waals surface area (Å²) in [5.74, 6) is 0.923. The molecule has 6 nitrogen and oxygen atoms in total. The van der Waals surface area contributed by atoms with Gasteiger partial charge in [-0.05, 0) is 37.3 Å². The van der Waals surface area contributed by atoms with Gasteiger partial charge >= 0.3 is 0 Å². The number of piperazine rings is 1. The van der Waals surface area contributed by atoms with Crippen molar-refractivity contribution in [3.63, 3.8) is 0 Å². The van der Waals surface area contributed by atoms with E-state index in [1.807, 2.05) is 35.2 Å². The van der Waals surface area contributed by atoms with Gasteiger partial charge in [-0.2, -0.15) is 9.90 Å². The first-order valence-electron chi connectivity index (χ1n) is 9.31. The van der Waals surface area contributed by atoms with Crippen LogP contribution in [0.5, 0.6) is 0 Å². The van der Waals surface area contributed by atoms with Gasteiger partial charge in [0.15, 0.2) is 5.69 Å². The third kappa shape index (κ3) is 2.65. The molecule has 6 heteroatoms. The molecule has 0 radical (unpaired) electrons. The maximum absolute atomic E-state index is 12.9. The summed E-state index contributed by atoms with van der Waals surface area (Å²) in [5, 5.41) is 8.66. The number of hydrogen-bond acceptors (Lipinski definition) is 4. The molecule has 0 N–H and O–H groups in total. The van der Waals surface area contributed by atoms with Crippen molar-refractivity contribution in [2.24, 2.45) is 5.92 Å². The minimum atomic E-state index is 0.0259. The fourth-order valence-corrected chi connectivity index (χ4v) is 4.42. The average Bonchev–Trinajstić information content (AvgIpc) is 3.33. The largest absolute Gasteiger partial charge is 0.331 e. The number of carbonyl (C=O) groups excluding carboxylic acids is 1. The van der Waals surface area contributed by atoms with Crippen LogP contribution in [0, 0.1) is 5.92 Å². The van der Waals surface area contributed by atoms with Crippen LogP contribution in [0.4, 0.5) is 0 Å². The number of para-hydroxylation sites is 1. The van der Waals surface area contributed by atoms with Crippen LogP contribution >= 0.6 is 0 Å². The number of benzene rings is 1. The molecule has 25 heavy (non-hydrogen) atoms. The topological polar surface area (TPSA) is 54.3 Å². The Kier molecular flexibility index (Phi) is 3.59. The zero-order valence-electron chi connectivity index (χ0n) is 14.3. The molecule has 0 unspecified atom stereocenters. The van der Waals surface area contributed by atoms with Crippen LogP contribution in [0.3, 0.4) is 0 Å². The molecule has 2 aliphatic heterocycles. The SMILES string of the molecule is O=C(c1cnn(-c2ccccc2)n1)N1C[C@@H]2C[C@H]1CN2CC1CCC1. The van der Waals surface area contributed by atoms with E-state index in [4.69, 9.17) is 0 Å². The number of nitrogens with zero attached hydrogens (tertiary/aromatic N) is 5. The van der Waals surface area contributed by atoms with Crippen LogP contribution in [0.15, 0.2) is 36.5 Å². The molecule has 1 amide bonds. The van der Waals surface area contributed by atoms with E-state index in [0.717, 1.165) is 31.1 Å². The molecular formula is C19H23N5O. The minimum Gasteiger partial charge on any atom is -0.331 e. The summed E-state index contributed by atoms with van der Waals surface area (Å²) < 4.78 is 0. The van der Waals surface area contributed by atoms with E-state index in [9.17, 15) is 4.79 Å². The summed E-state index contributed by atoms with van der Waals surface area (Å²) in [4.78, 5) is 19.0. The highest BCUT2D eigenvalue weighted by molar-refractivity contribution is 5.92. The molecule has 1 aliphatic carbocycles. The van der Waals surface area contributed by atoms with E-state index in [0.29, 0.717) is 17.8 Å². The van der Waals surface area contributed by atoms with Gasteiger partial charge in [0.05, 0.1) is 11.9 Å². The van der Waals surface area contributed by atoms with Crippen molar-refractivity contribution in [3.8, 4) is 5.69 Å². The average molecular weight is 337 g/mol. The van der Waals surface area contributed by atoms with Crippen LogP contribution in [0.25, 0.3) is 5.69 Å². The van der Waals surface area contributed by atoms with Gasteiger partial charge in [-0.15, -0.1) is 5.10 Å². The second-order valence-electron chi connectivity index (χ2n) is 7.61. The zero-order chi connectivity index (χ0) is 16.8. The molecule has 130 valence electrons. The molecule has 2 bridgehead atoms. The second-order valence-corrected chi connectivity index (χ2v) is 7.61. The maximum atomic E-state index is 12.9. The highest BCUT2D eigenvalue weighted by atomic mass is 16.2. The third-order valence-corrected chi connectivity index (χ3v) is 6.03. The molecule has 2 saturated heterocycles. The Labute approximate surface area is 147 Å². The number of hydrogen-bond donors (Lipinski definition) is 0. The molecule has 1 aromatic carbocycles. The quantitative estimate of drug-likeness (QED) is 0.856. The summed E-state index contributed by atoms with van der Waals surface area (Å²) in [6, 6.07) is 10.6. The molecule has 3 fully saturated rings. The van der Waals surface area contributed by atoms with Gasteiger partial charge in [-0.1, -0.05) is 24.6 Å². The number of carbonyl (C=O) groups is 1. The van der Waals surface area contributed by atoms with Crippen LogP contribution in [0.2, 0.25) is 0 Å². The Bertz CT molecular complexity index is 769. The first-order valence-corrected chi connectivity index (χ1v) is 9.31. The Morgan fingerprint density at radius 1 is 1.12 bits per heavy atom. The standard InChI is InChI=1S/C19H23N5O/c25-19(18-10-20-24(21-18)15-7-2-1-3-8-15)23-13-16-9-17(23)12-22(16)11-14-5-4-6-14/h1-3,7-8,10,14,16-17H,4-6,9,11-13H2/t16-,17-/m0/s1. The highest BCUT2D eigenvalue weighted by Gasteiger charge is 2.46. The van der Waals surface area contributed by atoms with Crippen molar-refractivity contribution in [2.75, 3.05) is 19.6 Å². The minimum absolute atomic E-state index is 0.0259. The van der Waals surface area contributed by atoms with E-state index < -0.39 is 0 Å². The zero-order valence-corrected chi connectivity index (χ0v) is 14.3. The number of amides is 1. The lowest BCUT2D eigenvalue weighted by atomic mass is 9.85. The molecule has 1 saturated carbocycles. The Morgan fingerprint density at radius 3 is 2.64 bits per heavy atom. The third-order valence-electron chi connectivity index (χ3n) is 6.03. The molecule has 2 atom stereocenters. The number of aromatic nitrogens is 3. The van der Waals surface area contributed by atoms with E-state index in [1.165, 1.54) is 30.6 Å². The lowest BCUT2D eigenvalue weighted by molar-refractivity contribution is 0.0573. The predicted molar refractivity (Wildman–Crippen MR) is 93.5 cm³/mol. The lowest BCUT2D eigenvalue weighted by Crippen LogP contribution is -2.50. The Balaban J connectivity index is 1.26. The van der Waals surface area contributed by atoms with Gasteiger partial charge in [0.2, 0.25) is 0 Å². The highest BCUT2D eigenvalue weighted by Crippen LogP contribution is 2.35. The van der Waals surface area contributed by atoms with Crippen molar-refractivity contribution >= 4 is 5.91 Å². The summed E-state index contributed by atoms with van der Waals surface area (Å²) in [7, 11) is 0. The molecule has 2 aromatic rings. The molecular weight excluding hydrogens is 314 g/mol. The summed E-state index contributed by atoms with van der Waals surface area (Å²) in [6.07, 6.45) is 6.88. The van der Waals surface area contributed by atoms with Gasteiger partial charge in [0, 0.05) is 31.7 Å². The summed E-state index contributed by atoms with van der Waals surface area (Å²) in [6.45, 7) is 3.10. The smallest absolute Gasteiger partial charge is 0.276 e. The van der Waals surface area contributed by atoms with Crippen molar-refractivity contribution < 1.29 is 4.79 Å². The Morgan fingerprint density at radius 2 is 1.96 bits per heavy atom. The van der Waals surface area contributed by atoms with Gasteiger partial charge in [-0.25, -0.2) is 0 Å². The van der Waals surface area contributed by atoms with E-state index in [-0.39, 0.29) is 5.91 Å². The van der Waals surface area contributed by atoms with Gasteiger partial charge in [0.25, 0.3) is 5.91 Å². The first kappa shape index (κ1) is 15.1. The maximum Gasteiger partial charge on any atom is 0.276 e. The number of likely N-dealkylation sites (tertiary alicyclic amines) is 2. The van der Waals surface area contributed by atoms with Gasteiger partial charge in [-0.3, -0.25) is 9.69 Å². The van der Waals surface area contributed by atoms with Gasteiger partial charge in [0.1, 0.15) is 0 Å². The van der Waals surface area contributed by atoms with Crippen LogP contribution in [-0.4, -0.2) is 62.4 Å². The fraction of sp³-hybridized carbons (Fsp3) is 0.526. The number of fused-ring (bicyclic) bond motifs is 2. The molecule has 3 heterocycles. The molecule has 0 spiro atoms. The molecule has 3 aliphatic rings. The van der Waals surface area contributed by atoms with Crippen molar-refractivity contribution in [3.05, 3.63) is 42.2 Å². The fourth-order valence-electron chi connectivity index (χ4n) is 4.42. The molecule has 1 aromatic heterocycles. The van der Waals surface area contributed by atoms with E-state index in [2.05, 4.69) is 15.1 Å². The number of rotatable bonds is 4. The second kappa shape index (κ2) is 5.95. The van der Waals surface area contributed by atoms with Crippen molar-refractivity contribution in [1.82, 2.24) is 24.8 Å². The summed E-state index contributed by atoms with van der Waals surface area (Å²) >= 11 is 0. The summed E-state index contributed by atoms with van der Waals surface area (Å²) in [5.41, 5.74) is 1.32.